The third-order valence-corrected chi connectivity index (χ3v) is 4.39. The van der Waals surface area contributed by atoms with Gasteiger partial charge in [0.05, 0.1) is 5.69 Å². The monoisotopic (exact) mass is 376 g/mol. The van der Waals surface area contributed by atoms with Gasteiger partial charge >= 0.3 is 0 Å². The molecule has 3 aromatic rings. The number of hydrogen-bond acceptors (Lipinski definition) is 4. The number of nitrogens with zero attached hydrogens (tertiary/aromatic N) is 2. The summed E-state index contributed by atoms with van der Waals surface area (Å²) >= 11 is 0. The number of H-pyrrole nitrogens is 1. The van der Waals surface area contributed by atoms with E-state index in [4.69, 9.17) is 0 Å². The van der Waals surface area contributed by atoms with E-state index < -0.39 is 11.5 Å². The van der Waals surface area contributed by atoms with Crippen molar-refractivity contribution in [2.45, 2.75) is 6.42 Å². The van der Waals surface area contributed by atoms with Gasteiger partial charge in [0.1, 0.15) is 5.56 Å². The molecule has 0 radical (unpaired) electrons. The molecule has 144 valence electrons. The van der Waals surface area contributed by atoms with E-state index in [-0.39, 0.29) is 5.56 Å². The summed E-state index contributed by atoms with van der Waals surface area (Å²) in [5.41, 5.74) is 2.32. The lowest BCUT2D eigenvalue weighted by atomic mass is 9.95. The Morgan fingerprint density at radius 3 is 2.21 bits per heavy atom. The molecule has 0 fully saturated rings. The van der Waals surface area contributed by atoms with E-state index in [0.29, 0.717) is 17.8 Å². The van der Waals surface area contributed by atoms with Gasteiger partial charge in [-0.15, -0.1) is 0 Å². The number of amides is 1. The minimum Gasteiger partial charge on any atom is -0.352 e. The lowest BCUT2D eigenvalue weighted by Gasteiger charge is -2.14. The van der Waals surface area contributed by atoms with Crippen molar-refractivity contribution in [2.24, 2.45) is 0 Å². The molecule has 6 nitrogen and oxygen atoms in total. The highest BCUT2D eigenvalue weighted by Crippen LogP contribution is 2.31. The zero-order chi connectivity index (χ0) is 19.9. The zero-order valence-electron chi connectivity index (χ0n) is 16.1. The van der Waals surface area contributed by atoms with Crippen LogP contribution in [0.1, 0.15) is 16.8 Å². The van der Waals surface area contributed by atoms with Crippen molar-refractivity contribution in [1.82, 2.24) is 20.4 Å². The number of nitrogens with one attached hydrogen (secondary N) is 2. The van der Waals surface area contributed by atoms with Crippen LogP contribution >= 0.6 is 0 Å². The number of benzene rings is 2. The van der Waals surface area contributed by atoms with Gasteiger partial charge in [0, 0.05) is 17.7 Å². The Morgan fingerprint density at radius 2 is 1.61 bits per heavy atom. The van der Waals surface area contributed by atoms with Crippen LogP contribution in [0.5, 0.6) is 0 Å². The van der Waals surface area contributed by atoms with E-state index in [9.17, 15) is 9.59 Å². The fourth-order valence-corrected chi connectivity index (χ4v) is 3.04. The number of rotatable bonds is 7. The molecule has 0 spiro atoms. The maximum atomic E-state index is 12.9. The predicted octanol–water partition coefficient (Wildman–Crippen LogP) is 2.79. The van der Waals surface area contributed by atoms with Gasteiger partial charge in [-0.1, -0.05) is 60.7 Å². The van der Waals surface area contributed by atoms with E-state index in [1.54, 1.807) is 0 Å². The van der Waals surface area contributed by atoms with Crippen LogP contribution < -0.4 is 10.9 Å². The van der Waals surface area contributed by atoms with Crippen LogP contribution in [0.4, 0.5) is 0 Å². The van der Waals surface area contributed by atoms with Crippen LogP contribution in [0.3, 0.4) is 0 Å². The van der Waals surface area contributed by atoms with Crippen LogP contribution in [0, 0.1) is 0 Å². The molecular formula is C22H24N4O2. The summed E-state index contributed by atoms with van der Waals surface area (Å²) in [5, 5.41) is 9.63. The maximum absolute atomic E-state index is 12.9. The number of aromatic nitrogens is 2. The Hall–Kier alpha value is -3.25. The van der Waals surface area contributed by atoms with Crippen LogP contribution in [-0.4, -0.2) is 48.2 Å². The minimum absolute atomic E-state index is 0.0879. The summed E-state index contributed by atoms with van der Waals surface area (Å²) in [4.78, 5) is 27.6. The van der Waals surface area contributed by atoms with Gasteiger partial charge in [0.15, 0.2) is 0 Å². The van der Waals surface area contributed by atoms with Gasteiger partial charge in [0.2, 0.25) is 0 Å². The Balaban J connectivity index is 2.06. The molecule has 6 heteroatoms. The Bertz CT molecular complexity index is 982. The molecule has 1 amide bonds. The number of hydrogen-bond donors (Lipinski definition) is 2. The van der Waals surface area contributed by atoms with Crippen LogP contribution in [0.15, 0.2) is 65.5 Å². The summed E-state index contributed by atoms with van der Waals surface area (Å²) in [7, 11) is 3.96. The quantitative estimate of drug-likeness (QED) is 0.622. The first-order valence-corrected chi connectivity index (χ1v) is 9.24. The van der Waals surface area contributed by atoms with Gasteiger partial charge in [-0.25, -0.2) is 5.10 Å². The average molecular weight is 376 g/mol. The molecule has 1 heterocycles. The first-order chi connectivity index (χ1) is 13.6. The third kappa shape index (κ3) is 4.53. The van der Waals surface area contributed by atoms with Crippen molar-refractivity contribution in [3.63, 3.8) is 0 Å². The fraction of sp³-hybridized carbons (Fsp3) is 0.227. The molecule has 0 aliphatic heterocycles. The average Bonchev–Trinajstić information content (AvgIpc) is 2.72. The molecule has 0 saturated heterocycles. The lowest BCUT2D eigenvalue weighted by Crippen LogP contribution is -2.33. The van der Waals surface area contributed by atoms with Crippen LogP contribution in [0.25, 0.3) is 22.4 Å². The van der Waals surface area contributed by atoms with Crippen molar-refractivity contribution < 1.29 is 4.79 Å². The molecule has 0 atom stereocenters. The number of carbonyl (C=O) groups excluding carboxylic acids is 1. The van der Waals surface area contributed by atoms with Crippen molar-refractivity contribution in [3.05, 3.63) is 76.6 Å². The van der Waals surface area contributed by atoms with E-state index in [0.717, 1.165) is 24.1 Å². The molecule has 2 aromatic carbocycles. The summed E-state index contributed by atoms with van der Waals surface area (Å²) < 4.78 is 0. The summed E-state index contributed by atoms with van der Waals surface area (Å²) in [6.45, 7) is 1.35. The van der Waals surface area contributed by atoms with E-state index >= 15 is 0 Å². The number of carbonyl (C=O) groups is 1. The van der Waals surface area contributed by atoms with Crippen LogP contribution in [-0.2, 0) is 0 Å². The minimum atomic E-state index is -0.497. The highest BCUT2D eigenvalue weighted by Gasteiger charge is 2.22. The molecular weight excluding hydrogens is 352 g/mol. The SMILES string of the molecule is CN(C)CCCNC(=O)c1c(-c2ccccc2)c(-c2ccccc2)n[nH]c1=O. The molecule has 28 heavy (non-hydrogen) atoms. The van der Waals surface area contributed by atoms with Gasteiger partial charge in [0.25, 0.3) is 11.5 Å². The van der Waals surface area contributed by atoms with Crippen molar-refractivity contribution in [2.75, 3.05) is 27.2 Å². The molecule has 0 saturated carbocycles. The van der Waals surface area contributed by atoms with Gasteiger partial charge < -0.3 is 10.2 Å². The lowest BCUT2D eigenvalue weighted by molar-refractivity contribution is 0.0951. The molecule has 3 rings (SSSR count). The fourth-order valence-electron chi connectivity index (χ4n) is 3.04. The predicted molar refractivity (Wildman–Crippen MR) is 111 cm³/mol. The van der Waals surface area contributed by atoms with Gasteiger partial charge in [-0.05, 0) is 32.6 Å². The first-order valence-electron chi connectivity index (χ1n) is 9.24. The second-order valence-corrected chi connectivity index (χ2v) is 6.80. The Kier molecular flexibility index (Phi) is 6.34. The third-order valence-electron chi connectivity index (χ3n) is 4.39. The highest BCUT2D eigenvalue weighted by molar-refractivity contribution is 6.03. The van der Waals surface area contributed by atoms with Crippen LogP contribution in [0.2, 0.25) is 0 Å². The van der Waals surface area contributed by atoms with Crippen molar-refractivity contribution in [1.29, 1.82) is 0 Å². The molecule has 0 aliphatic rings. The Morgan fingerprint density at radius 1 is 1.00 bits per heavy atom. The molecule has 2 N–H and O–H groups in total. The normalized spacial score (nSPS) is 10.8. The van der Waals surface area contributed by atoms with Crippen molar-refractivity contribution in [3.8, 4) is 22.4 Å². The molecule has 0 bridgehead atoms. The van der Waals surface area contributed by atoms with Gasteiger partial charge in [-0.2, -0.15) is 5.10 Å². The van der Waals surface area contributed by atoms with Crippen molar-refractivity contribution >= 4 is 5.91 Å². The smallest absolute Gasteiger partial charge is 0.277 e. The maximum Gasteiger partial charge on any atom is 0.277 e. The van der Waals surface area contributed by atoms with E-state index in [2.05, 4.69) is 15.5 Å². The highest BCUT2D eigenvalue weighted by atomic mass is 16.2. The summed E-state index contributed by atoms with van der Waals surface area (Å²) in [6.07, 6.45) is 0.800. The van der Waals surface area contributed by atoms with Gasteiger partial charge in [-0.3, -0.25) is 9.59 Å². The second kappa shape index (κ2) is 9.10. The number of aromatic amines is 1. The topological polar surface area (TPSA) is 78.1 Å². The zero-order valence-corrected chi connectivity index (χ0v) is 16.1. The van der Waals surface area contributed by atoms with E-state index in [1.807, 2.05) is 79.7 Å². The largest absolute Gasteiger partial charge is 0.352 e. The van der Waals surface area contributed by atoms with E-state index in [1.165, 1.54) is 0 Å². The molecule has 0 unspecified atom stereocenters. The second-order valence-electron chi connectivity index (χ2n) is 6.80. The Labute approximate surface area is 164 Å². The first kappa shape index (κ1) is 19.5. The standard InChI is InChI=1S/C22H24N4O2/c1-26(2)15-9-14-23-21(27)19-18(16-10-5-3-6-11-16)20(24-25-22(19)28)17-12-7-4-8-13-17/h3-8,10-13H,9,14-15H2,1-2H3,(H,23,27)(H,25,28). The summed E-state index contributed by atoms with van der Waals surface area (Å²) in [5.74, 6) is -0.390. The molecule has 0 aliphatic carbocycles. The summed E-state index contributed by atoms with van der Waals surface area (Å²) in [6, 6.07) is 18.9. The molecule has 1 aromatic heterocycles.